The van der Waals surface area contributed by atoms with Crippen LogP contribution in [0.25, 0.3) is 0 Å². The molecule has 0 aliphatic heterocycles. The fourth-order valence-electron chi connectivity index (χ4n) is 1.57. The van der Waals surface area contributed by atoms with Crippen molar-refractivity contribution in [2.24, 2.45) is 0 Å². The molecule has 1 N–H and O–H groups in total. The summed E-state index contributed by atoms with van der Waals surface area (Å²) < 4.78 is 19.2. The van der Waals surface area contributed by atoms with E-state index in [0.717, 1.165) is 0 Å². The first-order valence-corrected chi connectivity index (χ1v) is 5.95. The number of aliphatic hydroxyl groups is 1. The van der Waals surface area contributed by atoms with Crippen LogP contribution in [-0.4, -0.2) is 24.4 Å². The molecule has 0 aliphatic carbocycles. The summed E-state index contributed by atoms with van der Waals surface area (Å²) in [5.41, 5.74) is -0.492. The van der Waals surface area contributed by atoms with E-state index < -0.39 is 5.60 Å². The number of benzene rings is 1. The van der Waals surface area contributed by atoms with Crippen molar-refractivity contribution in [2.45, 2.75) is 25.4 Å². The van der Waals surface area contributed by atoms with Gasteiger partial charge in [-0.1, -0.05) is 28.9 Å². The highest BCUT2D eigenvalue weighted by atomic mass is 79.9. The van der Waals surface area contributed by atoms with Gasteiger partial charge in [0.2, 0.25) is 0 Å². The highest BCUT2D eigenvalue weighted by Gasteiger charge is 2.26. The van der Waals surface area contributed by atoms with Gasteiger partial charge in [-0.25, -0.2) is 4.39 Å². The van der Waals surface area contributed by atoms with Crippen LogP contribution in [-0.2, 0) is 11.2 Å². The van der Waals surface area contributed by atoms with Crippen LogP contribution >= 0.6 is 15.9 Å². The summed E-state index contributed by atoms with van der Waals surface area (Å²) in [6, 6.07) is 4.84. The van der Waals surface area contributed by atoms with E-state index >= 15 is 0 Å². The summed E-state index contributed by atoms with van der Waals surface area (Å²) in [7, 11) is 1.53. The smallest absolute Gasteiger partial charge is 0.127 e. The molecular formula is C12H16BrFO2. The van der Waals surface area contributed by atoms with Gasteiger partial charge in [0.05, 0.1) is 12.2 Å². The van der Waals surface area contributed by atoms with Crippen molar-refractivity contribution in [1.82, 2.24) is 0 Å². The van der Waals surface area contributed by atoms with E-state index in [9.17, 15) is 9.50 Å². The topological polar surface area (TPSA) is 29.5 Å². The summed E-state index contributed by atoms with van der Waals surface area (Å²) in [5.74, 6) is -0.308. The quantitative estimate of drug-likeness (QED) is 0.904. The van der Waals surface area contributed by atoms with E-state index in [1.54, 1.807) is 12.1 Å². The first kappa shape index (κ1) is 13.6. The first-order chi connectivity index (χ1) is 7.50. The predicted octanol–water partition coefficient (Wildman–Crippen LogP) is 2.92. The molecule has 0 bridgehead atoms. The van der Waals surface area contributed by atoms with Crippen molar-refractivity contribution in [2.75, 3.05) is 13.7 Å². The molecule has 1 aromatic rings. The average Bonchev–Trinajstić information content (AvgIpc) is 2.23. The Bertz CT molecular complexity index is 357. The van der Waals surface area contributed by atoms with Gasteiger partial charge in [0.15, 0.2) is 0 Å². The molecule has 0 heterocycles. The molecule has 0 spiro atoms. The third kappa shape index (κ3) is 3.54. The number of hydrogen-bond acceptors (Lipinski definition) is 2. The average molecular weight is 291 g/mol. The van der Waals surface area contributed by atoms with E-state index in [0.29, 0.717) is 16.5 Å². The molecule has 4 heteroatoms. The number of halogens is 2. The maximum absolute atomic E-state index is 13.6. The van der Waals surface area contributed by atoms with Crippen molar-refractivity contribution < 1.29 is 14.2 Å². The van der Waals surface area contributed by atoms with Gasteiger partial charge in [0, 0.05) is 18.0 Å². The van der Waals surface area contributed by atoms with Crippen molar-refractivity contribution in [3.8, 4) is 0 Å². The zero-order chi connectivity index (χ0) is 12.2. The second-order valence-corrected chi connectivity index (χ2v) is 4.84. The minimum Gasteiger partial charge on any atom is -0.387 e. The molecule has 2 nitrogen and oxygen atoms in total. The number of ether oxygens (including phenoxy) is 1. The summed E-state index contributed by atoms with van der Waals surface area (Å²) >= 11 is 3.20. The van der Waals surface area contributed by atoms with Crippen LogP contribution in [0.3, 0.4) is 0 Å². The molecule has 90 valence electrons. The second kappa shape index (κ2) is 5.75. The summed E-state index contributed by atoms with van der Waals surface area (Å²) in [6.07, 6.45) is 0.785. The molecule has 0 radical (unpaired) electrons. The van der Waals surface area contributed by atoms with E-state index in [4.69, 9.17) is 4.74 Å². The Morgan fingerprint density at radius 1 is 1.50 bits per heavy atom. The molecule has 1 aromatic carbocycles. The van der Waals surface area contributed by atoms with Crippen LogP contribution in [0, 0.1) is 5.82 Å². The van der Waals surface area contributed by atoms with Gasteiger partial charge in [-0.05, 0) is 24.1 Å². The Balaban J connectivity index is 2.85. The molecule has 1 rings (SSSR count). The van der Waals surface area contributed by atoms with Gasteiger partial charge in [0.1, 0.15) is 5.82 Å². The van der Waals surface area contributed by atoms with Gasteiger partial charge in [-0.3, -0.25) is 0 Å². The minimum absolute atomic E-state index is 0.207. The van der Waals surface area contributed by atoms with Crippen LogP contribution < -0.4 is 0 Å². The van der Waals surface area contributed by atoms with Gasteiger partial charge in [0.25, 0.3) is 0 Å². The van der Waals surface area contributed by atoms with Gasteiger partial charge < -0.3 is 9.84 Å². The zero-order valence-electron chi connectivity index (χ0n) is 9.46. The maximum Gasteiger partial charge on any atom is 0.127 e. The molecule has 0 saturated heterocycles. The Morgan fingerprint density at radius 2 is 2.19 bits per heavy atom. The summed E-state index contributed by atoms with van der Waals surface area (Å²) in [5, 5.41) is 10.2. The highest BCUT2D eigenvalue weighted by Crippen LogP contribution is 2.22. The van der Waals surface area contributed by atoms with E-state index in [-0.39, 0.29) is 18.8 Å². The van der Waals surface area contributed by atoms with Crippen LogP contribution in [0.1, 0.15) is 18.9 Å². The lowest BCUT2D eigenvalue weighted by atomic mass is 9.92. The largest absolute Gasteiger partial charge is 0.387 e. The lowest BCUT2D eigenvalue weighted by Crippen LogP contribution is -2.36. The molecule has 16 heavy (non-hydrogen) atoms. The number of rotatable bonds is 5. The monoisotopic (exact) mass is 290 g/mol. The first-order valence-electron chi connectivity index (χ1n) is 5.16. The summed E-state index contributed by atoms with van der Waals surface area (Å²) in [6.45, 7) is 2.06. The van der Waals surface area contributed by atoms with Crippen LogP contribution in [0.5, 0.6) is 0 Å². The van der Waals surface area contributed by atoms with E-state index in [2.05, 4.69) is 15.9 Å². The van der Waals surface area contributed by atoms with E-state index in [1.807, 2.05) is 6.92 Å². The molecule has 0 aliphatic rings. The standard InChI is InChI=1S/C12H16BrFO2/c1-3-12(15,8-16-2)7-9-4-5-10(13)6-11(9)14/h4-6,15H,3,7-8H2,1-2H3. The number of methoxy groups -OCH3 is 1. The lowest BCUT2D eigenvalue weighted by Gasteiger charge is -2.26. The minimum atomic E-state index is -0.997. The Labute approximate surface area is 104 Å². The van der Waals surface area contributed by atoms with Crippen molar-refractivity contribution in [3.63, 3.8) is 0 Å². The third-order valence-corrected chi connectivity index (χ3v) is 3.10. The highest BCUT2D eigenvalue weighted by molar-refractivity contribution is 9.10. The fourth-order valence-corrected chi connectivity index (χ4v) is 1.90. The Hall–Kier alpha value is -0.450. The SMILES string of the molecule is CCC(O)(COC)Cc1ccc(Br)cc1F. The molecular weight excluding hydrogens is 275 g/mol. The predicted molar refractivity (Wildman–Crippen MR) is 64.9 cm³/mol. The van der Waals surface area contributed by atoms with Gasteiger partial charge >= 0.3 is 0 Å². The van der Waals surface area contributed by atoms with E-state index in [1.165, 1.54) is 13.2 Å². The van der Waals surface area contributed by atoms with Crippen molar-refractivity contribution >= 4 is 15.9 Å². The van der Waals surface area contributed by atoms with Gasteiger partial charge in [-0.2, -0.15) is 0 Å². The van der Waals surface area contributed by atoms with Gasteiger partial charge in [-0.15, -0.1) is 0 Å². The zero-order valence-corrected chi connectivity index (χ0v) is 11.1. The number of hydrogen-bond donors (Lipinski definition) is 1. The molecule has 1 atom stereocenters. The third-order valence-electron chi connectivity index (χ3n) is 2.61. The Kier molecular flexibility index (Phi) is 4.89. The summed E-state index contributed by atoms with van der Waals surface area (Å²) in [4.78, 5) is 0. The molecule has 0 aromatic heterocycles. The van der Waals surface area contributed by atoms with Crippen LogP contribution in [0.15, 0.2) is 22.7 Å². The molecule has 0 amide bonds. The maximum atomic E-state index is 13.6. The second-order valence-electron chi connectivity index (χ2n) is 3.92. The fraction of sp³-hybridized carbons (Fsp3) is 0.500. The van der Waals surface area contributed by atoms with Crippen molar-refractivity contribution in [1.29, 1.82) is 0 Å². The normalized spacial score (nSPS) is 14.8. The molecule has 0 saturated carbocycles. The van der Waals surface area contributed by atoms with Crippen LogP contribution in [0.4, 0.5) is 4.39 Å². The van der Waals surface area contributed by atoms with Crippen molar-refractivity contribution in [3.05, 3.63) is 34.1 Å². The Morgan fingerprint density at radius 3 is 2.69 bits per heavy atom. The molecule has 1 unspecified atom stereocenters. The lowest BCUT2D eigenvalue weighted by molar-refractivity contribution is -0.0338. The van der Waals surface area contributed by atoms with Crippen LogP contribution in [0.2, 0.25) is 0 Å². The molecule has 0 fully saturated rings.